The van der Waals surface area contributed by atoms with Gasteiger partial charge < -0.3 is 13.9 Å². The highest BCUT2D eigenvalue weighted by Gasteiger charge is 2.23. The monoisotopic (exact) mass is 205 g/mol. The molecule has 0 saturated carbocycles. The number of hydrogen-bond acceptors (Lipinski definition) is 4. The number of epoxide rings is 1. The second-order valence-electron chi connectivity index (χ2n) is 3.63. The minimum atomic E-state index is 0.278. The van der Waals surface area contributed by atoms with Crippen LogP contribution in [0.25, 0.3) is 11.1 Å². The zero-order valence-electron chi connectivity index (χ0n) is 8.40. The van der Waals surface area contributed by atoms with Crippen molar-refractivity contribution in [3.05, 3.63) is 24.1 Å². The topological polar surface area (TPSA) is 47.8 Å². The largest absolute Gasteiger partial charge is 0.491 e. The number of ether oxygens (including phenoxy) is 2. The molecule has 4 nitrogen and oxygen atoms in total. The zero-order valence-corrected chi connectivity index (χ0v) is 8.40. The van der Waals surface area contributed by atoms with Crippen molar-refractivity contribution in [1.82, 2.24) is 4.98 Å². The first kappa shape index (κ1) is 8.73. The zero-order chi connectivity index (χ0) is 10.3. The van der Waals surface area contributed by atoms with Crippen LogP contribution >= 0.6 is 0 Å². The van der Waals surface area contributed by atoms with E-state index in [9.17, 15) is 0 Å². The number of rotatable bonds is 3. The van der Waals surface area contributed by atoms with Crippen LogP contribution in [0.4, 0.5) is 0 Å². The lowest BCUT2D eigenvalue weighted by molar-refractivity contribution is 0.263. The predicted octanol–water partition coefficient (Wildman–Crippen LogP) is 1.91. The fourth-order valence-electron chi connectivity index (χ4n) is 1.47. The number of benzene rings is 1. The van der Waals surface area contributed by atoms with Crippen molar-refractivity contribution in [2.45, 2.75) is 13.0 Å². The molecule has 1 aliphatic rings. The smallest absolute Gasteiger partial charge is 0.192 e. The molecule has 1 aromatic carbocycles. The fraction of sp³-hybridized carbons (Fsp3) is 0.364. The van der Waals surface area contributed by atoms with Crippen LogP contribution in [-0.2, 0) is 4.74 Å². The molecule has 0 amide bonds. The lowest BCUT2D eigenvalue weighted by Crippen LogP contribution is -2.03. The molecule has 1 fully saturated rings. The molecule has 3 rings (SSSR count). The third-order valence-corrected chi connectivity index (χ3v) is 2.30. The second-order valence-corrected chi connectivity index (χ2v) is 3.63. The number of fused-ring (bicyclic) bond motifs is 1. The van der Waals surface area contributed by atoms with E-state index in [1.54, 1.807) is 0 Å². The molecule has 1 unspecified atom stereocenters. The highest BCUT2D eigenvalue weighted by molar-refractivity contribution is 5.74. The normalized spacial score (nSPS) is 19.4. The van der Waals surface area contributed by atoms with E-state index in [4.69, 9.17) is 13.9 Å². The van der Waals surface area contributed by atoms with Gasteiger partial charge in [0.2, 0.25) is 0 Å². The van der Waals surface area contributed by atoms with Crippen LogP contribution in [0.15, 0.2) is 22.6 Å². The molecule has 0 radical (unpaired) electrons. The summed E-state index contributed by atoms with van der Waals surface area (Å²) in [4.78, 5) is 4.24. The highest BCUT2D eigenvalue weighted by atomic mass is 16.6. The molecule has 2 aromatic rings. The Bertz CT molecular complexity index is 488. The van der Waals surface area contributed by atoms with Crippen molar-refractivity contribution in [2.24, 2.45) is 0 Å². The summed E-state index contributed by atoms with van der Waals surface area (Å²) in [7, 11) is 0. The number of nitrogens with zero attached hydrogens (tertiary/aromatic N) is 1. The molecule has 4 heteroatoms. The molecule has 0 spiro atoms. The molecule has 1 aliphatic heterocycles. The molecule has 0 aliphatic carbocycles. The SMILES string of the molecule is Cc1nc2cc(OCC3CO3)ccc2o1. The number of oxazole rings is 1. The molecule has 1 atom stereocenters. The van der Waals surface area contributed by atoms with Crippen molar-refractivity contribution in [1.29, 1.82) is 0 Å². The first-order chi connectivity index (χ1) is 7.31. The van der Waals surface area contributed by atoms with Gasteiger partial charge in [-0.1, -0.05) is 0 Å². The van der Waals surface area contributed by atoms with Gasteiger partial charge in [-0.05, 0) is 12.1 Å². The molecule has 0 N–H and O–H groups in total. The fourth-order valence-corrected chi connectivity index (χ4v) is 1.47. The summed E-state index contributed by atoms with van der Waals surface area (Å²) >= 11 is 0. The van der Waals surface area contributed by atoms with E-state index in [1.165, 1.54) is 0 Å². The minimum absolute atomic E-state index is 0.278. The van der Waals surface area contributed by atoms with Crippen molar-refractivity contribution in [2.75, 3.05) is 13.2 Å². The Kier molecular flexibility index (Phi) is 1.89. The summed E-state index contributed by atoms with van der Waals surface area (Å²) in [6, 6.07) is 5.64. The van der Waals surface area contributed by atoms with Gasteiger partial charge in [0.1, 0.15) is 24.0 Å². The predicted molar refractivity (Wildman–Crippen MR) is 54.0 cm³/mol. The van der Waals surface area contributed by atoms with E-state index in [0.717, 1.165) is 23.5 Å². The summed E-state index contributed by atoms with van der Waals surface area (Å²) in [6.07, 6.45) is 0.278. The first-order valence-corrected chi connectivity index (χ1v) is 4.93. The Balaban J connectivity index is 1.84. The van der Waals surface area contributed by atoms with E-state index < -0.39 is 0 Å². The van der Waals surface area contributed by atoms with Crippen LogP contribution in [0.2, 0.25) is 0 Å². The quantitative estimate of drug-likeness (QED) is 0.718. The minimum Gasteiger partial charge on any atom is -0.491 e. The Morgan fingerprint density at radius 1 is 1.53 bits per heavy atom. The van der Waals surface area contributed by atoms with Gasteiger partial charge in [0, 0.05) is 13.0 Å². The molecular weight excluding hydrogens is 194 g/mol. The van der Waals surface area contributed by atoms with Crippen LogP contribution in [0, 0.1) is 6.92 Å². The number of aryl methyl sites for hydroxylation is 1. The van der Waals surface area contributed by atoms with E-state index in [1.807, 2.05) is 25.1 Å². The first-order valence-electron chi connectivity index (χ1n) is 4.93. The van der Waals surface area contributed by atoms with E-state index in [0.29, 0.717) is 12.5 Å². The van der Waals surface area contributed by atoms with E-state index >= 15 is 0 Å². The van der Waals surface area contributed by atoms with Crippen LogP contribution in [0.5, 0.6) is 5.75 Å². The van der Waals surface area contributed by atoms with Crippen LogP contribution in [-0.4, -0.2) is 24.3 Å². The maximum absolute atomic E-state index is 5.54. The third-order valence-electron chi connectivity index (χ3n) is 2.30. The average molecular weight is 205 g/mol. The molecule has 1 saturated heterocycles. The number of aromatic nitrogens is 1. The van der Waals surface area contributed by atoms with Gasteiger partial charge >= 0.3 is 0 Å². The van der Waals surface area contributed by atoms with Gasteiger partial charge in [0.05, 0.1) is 6.61 Å². The van der Waals surface area contributed by atoms with Gasteiger partial charge in [0.15, 0.2) is 11.5 Å². The Hall–Kier alpha value is -1.55. The van der Waals surface area contributed by atoms with Crippen LogP contribution in [0.1, 0.15) is 5.89 Å². The van der Waals surface area contributed by atoms with E-state index in [2.05, 4.69) is 4.98 Å². The maximum atomic E-state index is 5.54. The Morgan fingerprint density at radius 2 is 2.40 bits per heavy atom. The third kappa shape index (κ3) is 1.80. The summed E-state index contributed by atoms with van der Waals surface area (Å²) in [5.74, 6) is 1.49. The summed E-state index contributed by atoms with van der Waals surface area (Å²) in [6.45, 7) is 3.26. The molecule has 15 heavy (non-hydrogen) atoms. The summed E-state index contributed by atoms with van der Waals surface area (Å²) in [5, 5.41) is 0. The van der Waals surface area contributed by atoms with Gasteiger partial charge in [0.25, 0.3) is 0 Å². The maximum Gasteiger partial charge on any atom is 0.192 e. The highest BCUT2D eigenvalue weighted by Crippen LogP contribution is 2.22. The molecule has 78 valence electrons. The lowest BCUT2D eigenvalue weighted by Gasteiger charge is -2.02. The number of hydrogen-bond donors (Lipinski definition) is 0. The average Bonchev–Trinajstić information content (AvgIpc) is 2.96. The Labute approximate surface area is 86.8 Å². The van der Waals surface area contributed by atoms with Gasteiger partial charge in [-0.15, -0.1) is 0 Å². The summed E-state index contributed by atoms with van der Waals surface area (Å²) in [5.41, 5.74) is 1.63. The van der Waals surface area contributed by atoms with Crippen molar-refractivity contribution < 1.29 is 13.9 Å². The molecule has 1 aromatic heterocycles. The summed E-state index contributed by atoms with van der Waals surface area (Å²) < 4.78 is 16.0. The van der Waals surface area contributed by atoms with Crippen molar-refractivity contribution in [3.8, 4) is 5.75 Å². The van der Waals surface area contributed by atoms with Crippen LogP contribution < -0.4 is 4.74 Å². The van der Waals surface area contributed by atoms with Gasteiger partial charge in [-0.2, -0.15) is 0 Å². The Morgan fingerprint density at radius 3 is 3.20 bits per heavy atom. The second kappa shape index (κ2) is 3.24. The van der Waals surface area contributed by atoms with Crippen molar-refractivity contribution >= 4 is 11.1 Å². The lowest BCUT2D eigenvalue weighted by atomic mass is 10.3. The standard InChI is InChI=1S/C11H11NO3/c1-7-12-10-4-8(2-3-11(10)15-7)13-5-9-6-14-9/h2-4,9H,5-6H2,1H3. The van der Waals surface area contributed by atoms with Gasteiger partial charge in [-0.25, -0.2) is 4.98 Å². The molecule has 0 bridgehead atoms. The van der Waals surface area contributed by atoms with Gasteiger partial charge in [-0.3, -0.25) is 0 Å². The van der Waals surface area contributed by atoms with Crippen molar-refractivity contribution in [3.63, 3.8) is 0 Å². The van der Waals surface area contributed by atoms with E-state index in [-0.39, 0.29) is 6.10 Å². The molecule has 2 heterocycles. The van der Waals surface area contributed by atoms with Crippen LogP contribution in [0.3, 0.4) is 0 Å². The molecular formula is C11H11NO3.